The van der Waals surface area contributed by atoms with E-state index in [1.54, 1.807) is 6.07 Å². The summed E-state index contributed by atoms with van der Waals surface area (Å²) >= 11 is 0. The van der Waals surface area contributed by atoms with E-state index in [0.717, 1.165) is 25.1 Å². The Morgan fingerprint density at radius 3 is 2.00 bits per heavy atom. The molecular formula is C34H57N2O4. The summed E-state index contributed by atoms with van der Waals surface area (Å²) in [5.41, 5.74) is 1.62. The molecule has 1 radical (unpaired) electrons. The van der Waals surface area contributed by atoms with E-state index in [0.29, 0.717) is 25.3 Å². The number of hydrogen-bond acceptors (Lipinski definition) is 6. The maximum absolute atomic E-state index is 12.7. The van der Waals surface area contributed by atoms with Crippen molar-refractivity contribution in [1.82, 2.24) is 9.80 Å². The average molecular weight is 558 g/mol. The Morgan fingerprint density at radius 2 is 1.40 bits per heavy atom. The van der Waals surface area contributed by atoms with Gasteiger partial charge in [-0.3, -0.25) is 0 Å². The van der Waals surface area contributed by atoms with Gasteiger partial charge in [0.1, 0.15) is 19.4 Å². The molecule has 1 aromatic rings. The lowest BCUT2D eigenvalue weighted by molar-refractivity contribution is -0.0465. The van der Waals surface area contributed by atoms with Gasteiger partial charge in [-0.2, -0.15) is 0 Å². The van der Waals surface area contributed by atoms with Crippen molar-refractivity contribution in [3.8, 4) is 0 Å². The van der Waals surface area contributed by atoms with Gasteiger partial charge in [0.05, 0.1) is 12.2 Å². The Balaban J connectivity index is 1.51. The van der Waals surface area contributed by atoms with Crippen LogP contribution >= 0.6 is 0 Å². The first-order chi connectivity index (χ1) is 19.7. The Morgan fingerprint density at radius 1 is 0.775 bits per heavy atom. The monoisotopic (exact) mass is 557 g/mol. The van der Waals surface area contributed by atoms with Crippen LogP contribution in [0.4, 0.5) is 0 Å². The normalized spacial score (nSPS) is 13.8. The van der Waals surface area contributed by atoms with E-state index in [1.807, 2.05) is 37.5 Å². The van der Waals surface area contributed by atoms with E-state index in [1.165, 1.54) is 83.5 Å². The summed E-state index contributed by atoms with van der Waals surface area (Å²) in [6.45, 7) is 12.0. The number of nitrogens with zero attached hydrogens (tertiary/aromatic N) is 2. The molecule has 227 valence electrons. The molecule has 0 aliphatic carbocycles. The van der Waals surface area contributed by atoms with E-state index >= 15 is 0 Å². The minimum absolute atomic E-state index is 0.198. The van der Waals surface area contributed by atoms with Crippen molar-refractivity contribution in [1.29, 1.82) is 0 Å². The van der Waals surface area contributed by atoms with Gasteiger partial charge in [-0.05, 0) is 38.0 Å². The third-order valence-corrected chi connectivity index (χ3v) is 7.39. The number of unbranched alkanes of at least 4 members (excludes halogenated alkanes) is 13. The molecule has 0 saturated carbocycles. The first-order valence-corrected chi connectivity index (χ1v) is 16.2. The summed E-state index contributed by atoms with van der Waals surface area (Å²) in [5, 5.41) is 0. The van der Waals surface area contributed by atoms with Crippen molar-refractivity contribution in [3.05, 3.63) is 54.5 Å². The van der Waals surface area contributed by atoms with Gasteiger partial charge in [0.2, 0.25) is 0 Å². The van der Waals surface area contributed by atoms with Gasteiger partial charge in [-0.25, -0.2) is 4.79 Å². The second-order valence-electron chi connectivity index (χ2n) is 11.0. The van der Waals surface area contributed by atoms with Gasteiger partial charge in [0.15, 0.2) is 0 Å². The fourth-order valence-electron chi connectivity index (χ4n) is 4.97. The number of hydrogen-bond donors (Lipinski definition) is 0. The first kappa shape index (κ1) is 34.2. The van der Waals surface area contributed by atoms with E-state index in [2.05, 4.69) is 30.3 Å². The fourth-order valence-corrected chi connectivity index (χ4v) is 4.97. The van der Waals surface area contributed by atoms with Crippen LogP contribution < -0.4 is 0 Å². The average Bonchev–Trinajstić information content (AvgIpc) is 3.43. The van der Waals surface area contributed by atoms with Crippen molar-refractivity contribution < 1.29 is 19.0 Å². The largest absolute Gasteiger partial charge is 0.459 e. The summed E-state index contributed by atoms with van der Waals surface area (Å²) in [5.74, 6) is -0.324. The second-order valence-corrected chi connectivity index (χ2v) is 11.0. The van der Waals surface area contributed by atoms with Gasteiger partial charge in [-0.15, -0.1) is 0 Å². The molecule has 1 aromatic carbocycles. The van der Waals surface area contributed by atoms with Crippen LogP contribution in [-0.2, 0) is 20.8 Å². The summed E-state index contributed by atoms with van der Waals surface area (Å²) in [6.07, 6.45) is 22.7. The molecule has 2 rings (SSSR count). The number of carbonyl (C=O) groups is 1. The fraction of sp³-hybridized carbons (Fsp3) is 0.706. The third kappa shape index (κ3) is 15.7. The van der Waals surface area contributed by atoms with Gasteiger partial charge in [0.25, 0.3) is 0 Å². The van der Waals surface area contributed by atoms with Gasteiger partial charge < -0.3 is 24.0 Å². The zero-order chi connectivity index (χ0) is 28.7. The molecular weight excluding hydrogens is 500 g/mol. The van der Waals surface area contributed by atoms with Crippen LogP contribution in [0.3, 0.4) is 0 Å². The molecule has 0 saturated heterocycles. The summed E-state index contributed by atoms with van der Waals surface area (Å²) in [7, 11) is 0. The zero-order valence-corrected chi connectivity index (χ0v) is 25.8. The van der Waals surface area contributed by atoms with Crippen LogP contribution in [0.15, 0.2) is 36.7 Å². The SMILES string of the molecule is CCCCCCCCCCCCCCCCOCC(COC(=O)c1cccc(CN2[CH]N(CC)C=C2)c1)OCC. The van der Waals surface area contributed by atoms with Crippen LogP contribution in [0, 0.1) is 6.67 Å². The maximum atomic E-state index is 12.7. The van der Waals surface area contributed by atoms with Crippen molar-refractivity contribution in [2.45, 2.75) is 123 Å². The standard InChI is InChI=1S/C34H57N2O4/c1-4-7-8-9-10-11-12-13-14-15-16-17-18-19-25-38-28-33(39-6-3)29-40-34(37)32-22-20-21-31(26-32)27-36-24-23-35(5-2)30-36/h20-24,26,30,33H,4-19,25,27-29H2,1-3H3. The van der Waals surface area contributed by atoms with Crippen LogP contribution in [-0.4, -0.2) is 54.8 Å². The van der Waals surface area contributed by atoms with E-state index in [9.17, 15) is 4.79 Å². The van der Waals surface area contributed by atoms with Crippen LogP contribution in [0.1, 0.15) is 127 Å². The Kier molecular flexibility index (Phi) is 19.3. The quantitative estimate of drug-likeness (QED) is 0.0888. The Hall–Kier alpha value is -2.05. The third-order valence-electron chi connectivity index (χ3n) is 7.39. The van der Waals surface area contributed by atoms with Crippen LogP contribution in [0.5, 0.6) is 0 Å². The molecule has 0 amide bonds. The molecule has 0 bridgehead atoms. The topological polar surface area (TPSA) is 51.2 Å². The maximum Gasteiger partial charge on any atom is 0.338 e. The molecule has 1 aliphatic rings. The molecule has 1 aliphatic heterocycles. The second kappa shape index (κ2) is 22.6. The smallest absolute Gasteiger partial charge is 0.338 e. The minimum atomic E-state index is -0.324. The molecule has 1 unspecified atom stereocenters. The molecule has 0 spiro atoms. The molecule has 6 heteroatoms. The summed E-state index contributed by atoms with van der Waals surface area (Å²) in [6, 6.07) is 7.64. The molecule has 1 heterocycles. The van der Waals surface area contributed by atoms with Crippen LogP contribution in [0.25, 0.3) is 0 Å². The molecule has 0 fully saturated rings. The molecule has 0 aromatic heterocycles. The predicted molar refractivity (Wildman–Crippen MR) is 165 cm³/mol. The van der Waals surface area contributed by atoms with Gasteiger partial charge in [-0.1, -0.05) is 103 Å². The zero-order valence-electron chi connectivity index (χ0n) is 25.8. The number of carbonyl (C=O) groups excluding carboxylic acids is 1. The van der Waals surface area contributed by atoms with Gasteiger partial charge >= 0.3 is 5.97 Å². The first-order valence-electron chi connectivity index (χ1n) is 16.2. The highest BCUT2D eigenvalue weighted by Gasteiger charge is 2.16. The summed E-state index contributed by atoms with van der Waals surface area (Å²) in [4.78, 5) is 16.9. The van der Waals surface area contributed by atoms with E-state index in [-0.39, 0.29) is 18.7 Å². The minimum Gasteiger partial charge on any atom is -0.459 e. The molecule has 40 heavy (non-hydrogen) atoms. The number of benzene rings is 1. The number of rotatable bonds is 25. The Bertz CT molecular complexity index is 800. The van der Waals surface area contributed by atoms with Crippen molar-refractivity contribution >= 4 is 5.97 Å². The lowest BCUT2D eigenvalue weighted by Gasteiger charge is -2.19. The highest BCUT2D eigenvalue weighted by Crippen LogP contribution is 2.17. The lowest BCUT2D eigenvalue weighted by Crippen LogP contribution is -2.27. The Labute approximate surface area is 245 Å². The van der Waals surface area contributed by atoms with Crippen LogP contribution in [0.2, 0.25) is 0 Å². The van der Waals surface area contributed by atoms with Crippen molar-refractivity contribution in [3.63, 3.8) is 0 Å². The van der Waals surface area contributed by atoms with Gasteiger partial charge in [0, 0.05) is 38.7 Å². The highest BCUT2D eigenvalue weighted by atomic mass is 16.6. The van der Waals surface area contributed by atoms with E-state index in [4.69, 9.17) is 14.2 Å². The van der Waals surface area contributed by atoms with E-state index < -0.39 is 0 Å². The summed E-state index contributed by atoms with van der Waals surface area (Å²) < 4.78 is 17.2. The highest BCUT2D eigenvalue weighted by molar-refractivity contribution is 5.89. The molecule has 1 atom stereocenters. The van der Waals surface area contributed by atoms with Crippen molar-refractivity contribution in [2.75, 3.05) is 33.0 Å². The molecule has 0 N–H and O–H groups in total. The van der Waals surface area contributed by atoms with Crippen molar-refractivity contribution in [2.24, 2.45) is 0 Å². The number of ether oxygens (including phenoxy) is 3. The number of esters is 1. The lowest BCUT2D eigenvalue weighted by atomic mass is 10.0. The molecule has 6 nitrogen and oxygen atoms in total. The predicted octanol–water partition coefficient (Wildman–Crippen LogP) is 8.47.